The summed E-state index contributed by atoms with van der Waals surface area (Å²) in [5, 5.41) is 7.86. The molecule has 0 spiro atoms. The van der Waals surface area contributed by atoms with E-state index in [2.05, 4.69) is 26.6 Å². The highest BCUT2D eigenvalue weighted by atomic mass is 19.3. The van der Waals surface area contributed by atoms with Crippen LogP contribution < -0.4 is 20.7 Å². The molecule has 27 heavy (non-hydrogen) atoms. The molecular formula is C19H17F2N3O3. The van der Waals surface area contributed by atoms with Crippen molar-refractivity contribution in [3.05, 3.63) is 54.1 Å². The van der Waals surface area contributed by atoms with Crippen LogP contribution in [-0.2, 0) is 4.79 Å². The molecular weight excluding hydrogens is 356 g/mol. The molecule has 0 atom stereocenters. The average Bonchev–Trinajstić information content (AvgIpc) is 2.66. The molecule has 0 radical (unpaired) electrons. The van der Waals surface area contributed by atoms with Crippen LogP contribution in [0.2, 0.25) is 0 Å². The van der Waals surface area contributed by atoms with Crippen molar-refractivity contribution in [2.24, 2.45) is 0 Å². The van der Waals surface area contributed by atoms with Gasteiger partial charge in [-0.15, -0.1) is 6.42 Å². The first-order chi connectivity index (χ1) is 13.0. The van der Waals surface area contributed by atoms with E-state index < -0.39 is 12.5 Å². The molecule has 0 aliphatic carbocycles. The maximum atomic E-state index is 12.4. The Labute approximate surface area is 154 Å². The third kappa shape index (κ3) is 6.01. The van der Waals surface area contributed by atoms with E-state index in [1.165, 1.54) is 18.2 Å². The molecule has 0 bridgehead atoms. The van der Waals surface area contributed by atoms with Gasteiger partial charge in [-0.25, -0.2) is 0 Å². The van der Waals surface area contributed by atoms with Crippen LogP contribution in [-0.4, -0.2) is 31.5 Å². The molecule has 140 valence electrons. The Morgan fingerprint density at radius 1 is 1.07 bits per heavy atom. The van der Waals surface area contributed by atoms with Gasteiger partial charge >= 0.3 is 6.61 Å². The van der Waals surface area contributed by atoms with Crippen molar-refractivity contribution in [1.82, 2.24) is 5.32 Å². The number of anilines is 2. The number of nitrogens with one attached hydrogen (secondary N) is 3. The fourth-order valence-electron chi connectivity index (χ4n) is 2.20. The van der Waals surface area contributed by atoms with Crippen LogP contribution >= 0.6 is 0 Å². The largest absolute Gasteiger partial charge is 0.433 e. The number of carbonyl (C=O) groups excluding carboxylic acids is 2. The molecule has 2 amide bonds. The smallest absolute Gasteiger partial charge is 0.387 e. The summed E-state index contributed by atoms with van der Waals surface area (Å²) in [6, 6.07) is 12.4. The maximum Gasteiger partial charge on any atom is 0.387 e. The molecule has 2 rings (SSSR count). The Balaban J connectivity index is 2.01. The maximum absolute atomic E-state index is 12.4. The lowest BCUT2D eigenvalue weighted by atomic mass is 10.1. The number of hydrogen-bond donors (Lipinski definition) is 3. The number of amides is 2. The second-order valence-corrected chi connectivity index (χ2v) is 5.21. The zero-order valence-electron chi connectivity index (χ0n) is 14.2. The molecule has 0 saturated carbocycles. The number of terminal acetylenes is 1. The molecule has 3 N–H and O–H groups in total. The van der Waals surface area contributed by atoms with Gasteiger partial charge in [0.1, 0.15) is 5.75 Å². The van der Waals surface area contributed by atoms with Crippen LogP contribution in [0.25, 0.3) is 0 Å². The number of alkyl halides is 2. The SMILES string of the molecule is C#CCNC(=O)c1ccccc1NCC(=O)Nc1ccccc1OC(F)F. The minimum atomic E-state index is -3.01. The Morgan fingerprint density at radius 2 is 1.74 bits per heavy atom. The zero-order chi connectivity index (χ0) is 19.6. The van der Waals surface area contributed by atoms with Crippen LogP contribution in [0.1, 0.15) is 10.4 Å². The second-order valence-electron chi connectivity index (χ2n) is 5.21. The van der Waals surface area contributed by atoms with Crippen molar-refractivity contribution in [1.29, 1.82) is 0 Å². The van der Waals surface area contributed by atoms with Gasteiger partial charge in [0, 0.05) is 5.69 Å². The van der Waals surface area contributed by atoms with Crippen LogP contribution in [0, 0.1) is 12.3 Å². The van der Waals surface area contributed by atoms with Crippen LogP contribution in [0.3, 0.4) is 0 Å². The predicted molar refractivity (Wildman–Crippen MR) is 97.8 cm³/mol. The van der Waals surface area contributed by atoms with E-state index in [0.29, 0.717) is 11.3 Å². The van der Waals surface area contributed by atoms with E-state index in [1.807, 2.05) is 0 Å². The molecule has 2 aromatic carbocycles. The highest BCUT2D eigenvalue weighted by Crippen LogP contribution is 2.25. The fourth-order valence-corrected chi connectivity index (χ4v) is 2.20. The normalized spacial score (nSPS) is 10.0. The van der Waals surface area contributed by atoms with E-state index in [4.69, 9.17) is 6.42 Å². The number of halogens is 2. The summed E-state index contributed by atoms with van der Waals surface area (Å²) in [6.45, 7) is -3.12. The highest BCUT2D eigenvalue weighted by Gasteiger charge is 2.13. The van der Waals surface area contributed by atoms with Gasteiger partial charge in [0.2, 0.25) is 5.91 Å². The summed E-state index contributed by atoms with van der Waals surface area (Å²) in [6.07, 6.45) is 5.12. The third-order valence-corrected chi connectivity index (χ3v) is 3.34. The van der Waals surface area contributed by atoms with Crippen LogP contribution in [0.4, 0.5) is 20.2 Å². The quantitative estimate of drug-likeness (QED) is 0.622. The van der Waals surface area contributed by atoms with Crippen molar-refractivity contribution < 1.29 is 23.1 Å². The van der Waals surface area contributed by atoms with Crippen molar-refractivity contribution >= 4 is 23.2 Å². The minimum Gasteiger partial charge on any atom is -0.433 e. The molecule has 2 aromatic rings. The van der Waals surface area contributed by atoms with E-state index in [0.717, 1.165) is 0 Å². The Bertz CT molecular complexity index is 850. The highest BCUT2D eigenvalue weighted by molar-refractivity contribution is 6.01. The number of rotatable bonds is 8. The summed E-state index contributed by atoms with van der Waals surface area (Å²) in [5.74, 6) is 1.28. The average molecular weight is 373 g/mol. The summed E-state index contributed by atoms with van der Waals surface area (Å²) >= 11 is 0. The summed E-state index contributed by atoms with van der Waals surface area (Å²) in [4.78, 5) is 24.2. The Hall–Kier alpha value is -3.60. The third-order valence-electron chi connectivity index (χ3n) is 3.34. The number of ether oxygens (including phenoxy) is 1. The van der Waals surface area contributed by atoms with E-state index in [9.17, 15) is 18.4 Å². The monoisotopic (exact) mass is 373 g/mol. The molecule has 0 heterocycles. The standard InChI is InChI=1S/C19H17F2N3O3/c1-2-11-22-18(26)13-7-3-4-8-14(13)23-12-17(25)24-15-9-5-6-10-16(15)27-19(20)21/h1,3-10,19,23H,11-12H2,(H,22,26)(H,24,25). The molecule has 0 aliphatic rings. The van der Waals surface area contributed by atoms with Gasteiger partial charge < -0.3 is 20.7 Å². The lowest BCUT2D eigenvalue weighted by Gasteiger charge is -2.13. The van der Waals surface area contributed by atoms with Gasteiger partial charge in [-0.3, -0.25) is 9.59 Å². The molecule has 0 aliphatic heterocycles. The van der Waals surface area contributed by atoms with Crippen molar-refractivity contribution in [2.45, 2.75) is 6.61 Å². The second kappa shape index (κ2) is 9.77. The van der Waals surface area contributed by atoms with Gasteiger partial charge in [-0.05, 0) is 24.3 Å². The minimum absolute atomic E-state index is 0.0780. The van der Waals surface area contributed by atoms with Gasteiger partial charge in [0.15, 0.2) is 0 Å². The molecule has 0 unspecified atom stereocenters. The van der Waals surface area contributed by atoms with Gasteiger partial charge in [0.25, 0.3) is 5.91 Å². The molecule has 0 saturated heterocycles. The zero-order valence-corrected chi connectivity index (χ0v) is 14.2. The van der Waals surface area contributed by atoms with Crippen LogP contribution in [0.15, 0.2) is 48.5 Å². The Morgan fingerprint density at radius 3 is 2.44 bits per heavy atom. The first-order valence-electron chi connectivity index (χ1n) is 7.89. The van der Waals surface area contributed by atoms with Gasteiger partial charge in [-0.2, -0.15) is 8.78 Å². The number of hydrogen-bond acceptors (Lipinski definition) is 4. The molecule has 6 nitrogen and oxygen atoms in total. The van der Waals surface area contributed by atoms with Gasteiger partial charge in [0.05, 0.1) is 24.3 Å². The topological polar surface area (TPSA) is 79.5 Å². The summed E-state index contributed by atoms with van der Waals surface area (Å²) < 4.78 is 29.2. The lowest BCUT2D eigenvalue weighted by Crippen LogP contribution is -2.26. The van der Waals surface area contributed by atoms with Crippen molar-refractivity contribution in [2.75, 3.05) is 23.7 Å². The molecule has 0 aromatic heterocycles. The first-order valence-corrected chi connectivity index (χ1v) is 7.89. The fraction of sp³-hybridized carbons (Fsp3) is 0.158. The van der Waals surface area contributed by atoms with E-state index in [1.54, 1.807) is 30.3 Å². The summed E-state index contributed by atoms with van der Waals surface area (Å²) in [5.41, 5.74) is 0.867. The van der Waals surface area contributed by atoms with E-state index in [-0.39, 0.29) is 30.4 Å². The summed E-state index contributed by atoms with van der Waals surface area (Å²) in [7, 11) is 0. The number of carbonyl (C=O) groups is 2. The van der Waals surface area contributed by atoms with Crippen molar-refractivity contribution in [3.63, 3.8) is 0 Å². The number of para-hydroxylation sites is 3. The Kier molecular flexibility index (Phi) is 7.14. The predicted octanol–water partition coefficient (Wildman–Crippen LogP) is 2.70. The van der Waals surface area contributed by atoms with Gasteiger partial charge in [-0.1, -0.05) is 30.2 Å². The van der Waals surface area contributed by atoms with Crippen LogP contribution in [0.5, 0.6) is 5.75 Å². The first kappa shape index (κ1) is 19.7. The number of benzene rings is 2. The van der Waals surface area contributed by atoms with E-state index >= 15 is 0 Å². The molecule has 8 heteroatoms. The lowest BCUT2D eigenvalue weighted by molar-refractivity contribution is -0.114. The van der Waals surface area contributed by atoms with Crippen molar-refractivity contribution in [3.8, 4) is 18.1 Å². The molecule has 0 fully saturated rings.